The van der Waals surface area contributed by atoms with E-state index in [4.69, 9.17) is 32.5 Å². The van der Waals surface area contributed by atoms with Crippen molar-refractivity contribution in [3.8, 4) is 5.75 Å². The molecule has 0 radical (unpaired) electrons. The van der Waals surface area contributed by atoms with Crippen molar-refractivity contribution in [2.45, 2.75) is 32.9 Å². The van der Waals surface area contributed by atoms with Crippen LogP contribution in [0.5, 0.6) is 5.75 Å². The number of rotatable bonds is 11. The first kappa shape index (κ1) is 33.7. The Hall–Kier alpha value is -0.840. The molecule has 0 aliphatic carbocycles. The maximum Gasteiger partial charge on any atom is 2.00 e. The van der Waals surface area contributed by atoms with Crippen molar-refractivity contribution in [3.63, 3.8) is 0 Å². The third-order valence-electron chi connectivity index (χ3n) is 6.75. The molecule has 9 nitrogen and oxygen atoms in total. The minimum atomic E-state index is -5.07. The summed E-state index contributed by atoms with van der Waals surface area (Å²) in [7, 11) is -5.07. The van der Waals surface area contributed by atoms with Crippen molar-refractivity contribution >= 4 is 85.4 Å². The molecule has 212 valence electrons. The first-order valence-electron chi connectivity index (χ1n) is 12.9. The zero-order valence-corrected chi connectivity index (χ0v) is 27.3. The predicted octanol–water partition coefficient (Wildman–Crippen LogP) is 4.54. The van der Waals surface area contributed by atoms with Gasteiger partial charge in [0.1, 0.15) is 12.0 Å². The summed E-state index contributed by atoms with van der Waals surface area (Å²) in [6.45, 7) is 8.52. The summed E-state index contributed by atoms with van der Waals surface area (Å²) in [5.41, 5.74) is 0.997. The molecule has 40 heavy (non-hydrogen) atoms. The third kappa shape index (κ3) is 8.83. The van der Waals surface area contributed by atoms with Crippen LogP contribution in [0.15, 0.2) is 53.3 Å². The molecule has 0 spiro atoms. The topological polar surface area (TPSA) is 107 Å². The molecule has 0 saturated carbocycles. The Labute approximate surface area is 274 Å². The number of ether oxygens (including phenoxy) is 1. The van der Waals surface area contributed by atoms with E-state index in [9.17, 15) is 19.1 Å². The van der Waals surface area contributed by atoms with E-state index in [-0.39, 0.29) is 37.7 Å². The Bertz CT molecular complexity index is 1390. The van der Waals surface area contributed by atoms with E-state index >= 15 is 0 Å². The van der Waals surface area contributed by atoms with Crippen LogP contribution in [0.4, 0.5) is 5.69 Å². The van der Waals surface area contributed by atoms with Gasteiger partial charge < -0.3 is 19.4 Å². The summed E-state index contributed by atoms with van der Waals surface area (Å²) >= 11 is 12.5. The number of fused-ring (bicyclic) bond motifs is 1. The van der Waals surface area contributed by atoms with Crippen LogP contribution in [-0.4, -0.2) is 91.4 Å². The van der Waals surface area contributed by atoms with E-state index in [0.29, 0.717) is 33.3 Å². The number of hydrogen-bond donors (Lipinski definition) is 1. The fraction of sp³-hybridized carbons (Fsp3) is 0.444. The van der Waals surface area contributed by atoms with Gasteiger partial charge in [-0.3, -0.25) is 23.4 Å². The van der Waals surface area contributed by atoms with Gasteiger partial charge in [0.05, 0.1) is 27.9 Å². The molecular formula is C27H33CaCl2N3O6P+. The first-order chi connectivity index (χ1) is 18.5. The number of pyridine rings is 1. The number of hydrogen-bond acceptors (Lipinski definition) is 7. The van der Waals surface area contributed by atoms with Crippen molar-refractivity contribution in [2.24, 2.45) is 5.92 Å². The Kier molecular flexibility index (Phi) is 12.7. The monoisotopic (exact) mass is 636 g/mol. The molecule has 2 aromatic carbocycles. The van der Waals surface area contributed by atoms with E-state index in [2.05, 4.69) is 9.80 Å². The van der Waals surface area contributed by atoms with Gasteiger partial charge in [0.25, 0.3) is 13.4 Å². The smallest absolute Gasteiger partial charge is 0.756 e. The normalized spacial score (nSPS) is 16.5. The van der Waals surface area contributed by atoms with Gasteiger partial charge in [0, 0.05) is 38.3 Å². The SMILES string of the molecule is CC(C)C(OP(=O)([O-])O)n1c(=O)ccc2ccc(OCCCCN3CCN(c4cccc(Cl)c4Cl)CC3)cc21.[Ca+2]. The average Bonchev–Trinajstić information content (AvgIpc) is 2.89. The standard InChI is InChI=1S/C27H34Cl2N3O6P.Ca/c1-19(2)27(38-39(34,35)36)32-24-18-21(10-8-20(24)9-11-25(32)33)37-17-4-3-12-30-13-15-31(16-14-30)23-7-5-6-22(28)26(23)29;/h5-11,18-19,27H,3-4,12-17H2,1-2H3,(H2,34,35,36);/q;+2/p-1. The fourth-order valence-corrected chi connectivity index (χ4v) is 5.79. The molecule has 1 N–H and O–H groups in total. The minimum absolute atomic E-state index is 0. The van der Waals surface area contributed by atoms with Crippen LogP contribution < -0.4 is 20.1 Å². The minimum Gasteiger partial charge on any atom is -0.756 e. The molecule has 1 aliphatic heterocycles. The van der Waals surface area contributed by atoms with Crippen molar-refractivity contribution in [3.05, 3.63) is 68.9 Å². The van der Waals surface area contributed by atoms with E-state index in [1.54, 1.807) is 38.1 Å². The summed E-state index contributed by atoms with van der Waals surface area (Å²) in [5.74, 6) is 0.155. The largest absolute Gasteiger partial charge is 2.00 e. The molecule has 1 fully saturated rings. The molecule has 2 heterocycles. The molecule has 4 rings (SSSR count). The van der Waals surface area contributed by atoms with E-state index in [1.807, 2.05) is 18.2 Å². The molecular weight excluding hydrogens is 604 g/mol. The van der Waals surface area contributed by atoms with Crippen molar-refractivity contribution in [1.29, 1.82) is 0 Å². The van der Waals surface area contributed by atoms with Crippen LogP contribution in [0.25, 0.3) is 10.9 Å². The molecule has 3 aromatic rings. The van der Waals surface area contributed by atoms with Crippen LogP contribution in [0, 0.1) is 5.92 Å². The van der Waals surface area contributed by atoms with Gasteiger partial charge in [0.15, 0.2) is 0 Å². The second-order valence-corrected chi connectivity index (χ2v) is 11.9. The summed E-state index contributed by atoms with van der Waals surface area (Å²) in [4.78, 5) is 38.1. The van der Waals surface area contributed by atoms with Crippen molar-refractivity contribution in [1.82, 2.24) is 9.47 Å². The molecule has 1 aromatic heterocycles. The number of unbranched alkanes of at least 4 members (excludes halogenated alkanes) is 1. The number of anilines is 1. The number of aromatic nitrogens is 1. The van der Waals surface area contributed by atoms with Gasteiger partial charge in [-0.1, -0.05) is 43.1 Å². The second-order valence-electron chi connectivity index (χ2n) is 9.93. The van der Waals surface area contributed by atoms with E-state index < -0.39 is 25.5 Å². The maximum atomic E-state index is 12.7. The first-order valence-corrected chi connectivity index (χ1v) is 15.2. The van der Waals surface area contributed by atoms with E-state index in [0.717, 1.165) is 51.3 Å². The third-order valence-corrected chi connectivity index (χ3v) is 8.04. The summed E-state index contributed by atoms with van der Waals surface area (Å²) in [6.07, 6.45) is 0.622. The maximum absolute atomic E-state index is 12.7. The number of piperazine rings is 1. The summed E-state index contributed by atoms with van der Waals surface area (Å²) < 4.78 is 23.6. The predicted molar refractivity (Wildman–Crippen MR) is 159 cm³/mol. The molecule has 0 bridgehead atoms. The fourth-order valence-electron chi connectivity index (χ4n) is 4.77. The zero-order chi connectivity index (χ0) is 28.2. The summed E-state index contributed by atoms with van der Waals surface area (Å²) in [6, 6.07) is 14.0. The Balaban J connectivity index is 0.00000441. The van der Waals surface area contributed by atoms with Crippen molar-refractivity contribution in [2.75, 3.05) is 44.2 Å². The van der Waals surface area contributed by atoms with Crippen LogP contribution in [0.1, 0.15) is 32.9 Å². The molecule has 0 amide bonds. The Morgan fingerprint density at radius 1 is 1.05 bits per heavy atom. The second kappa shape index (κ2) is 15.1. The van der Waals surface area contributed by atoms with Gasteiger partial charge >= 0.3 is 37.7 Å². The van der Waals surface area contributed by atoms with Gasteiger partial charge in [0.2, 0.25) is 0 Å². The Morgan fingerprint density at radius 2 is 1.75 bits per heavy atom. The van der Waals surface area contributed by atoms with Gasteiger partial charge in [-0.05, 0) is 61.0 Å². The molecule has 1 saturated heterocycles. The van der Waals surface area contributed by atoms with E-state index in [1.165, 1.54) is 10.6 Å². The number of halogens is 2. The van der Waals surface area contributed by atoms with Crippen LogP contribution in [0.2, 0.25) is 10.0 Å². The van der Waals surface area contributed by atoms with Crippen LogP contribution in [-0.2, 0) is 9.09 Å². The Morgan fingerprint density at radius 3 is 2.42 bits per heavy atom. The molecule has 1 aliphatic rings. The van der Waals surface area contributed by atoms with Crippen molar-refractivity contribution < 1.29 is 23.6 Å². The van der Waals surface area contributed by atoms with Gasteiger partial charge in [-0.15, -0.1) is 0 Å². The molecule has 2 atom stereocenters. The van der Waals surface area contributed by atoms with Crippen LogP contribution in [0.3, 0.4) is 0 Å². The van der Waals surface area contributed by atoms with Gasteiger partial charge in [-0.25, -0.2) is 0 Å². The number of nitrogens with zero attached hydrogens (tertiary/aromatic N) is 3. The van der Waals surface area contributed by atoms with Gasteiger partial charge in [-0.2, -0.15) is 0 Å². The van der Waals surface area contributed by atoms with Crippen LogP contribution >= 0.6 is 31.0 Å². The average molecular weight is 638 g/mol. The molecule has 13 heteroatoms. The number of phosphoric ester groups is 1. The summed E-state index contributed by atoms with van der Waals surface area (Å²) in [5, 5.41) is 1.88. The number of benzene rings is 2. The zero-order valence-electron chi connectivity index (χ0n) is 22.7. The molecule has 2 unspecified atom stereocenters. The quantitative estimate of drug-likeness (QED) is 0.186. The number of phosphoric acid groups is 1.